The number of benzene rings is 1. The molecule has 21 heavy (non-hydrogen) atoms. The van der Waals surface area contributed by atoms with Crippen molar-refractivity contribution in [2.75, 3.05) is 0 Å². The van der Waals surface area contributed by atoms with Gasteiger partial charge in [0, 0.05) is 18.2 Å². The van der Waals surface area contributed by atoms with E-state index in [1.807, 2.05) is 19.9 Å². The van der Waals surface area contributed by atoms with Crippen LogP contribution in [-0.2, 0) is 13.2 Å². The van der Waals surface area contributed by atoms with Crippen molar-refractivity contribution >= 4 is 0 Å². The van der Waals surface area contributed by atoms with Gasteiger partial charge in [-0.3, -0.25) is 0 Å². The highest BCUT2D eigenvalue weighted by molar-refractivity contribution is 5.35. The van der Waals surface area contributed by atoms with E-state index in [4.69, 9.17) is 9.26 Å². The summed E-state index contributed by atoms with van der Waals surface area (Å²) in [7, 11) is 0. The molecule has 1 N–H and O–H groups in total. The molecule has 3 rings (SSSR count). The van der Waals surface area contributed by atoms with Gasteiger partial charge in [-0.25, -0.2) is 4.39 Å². The molecule has 0 spiro atoms. The summed E-state index contributed by atoms with van der Waals surface area (Å²) in [5.41, 5.74) is 2.49. The molecule has 0 radical (unpaired) electrons. The van der Waals surface area contributed by atoms with Gasteiger partial charge in [0.25, 0.3) is 0 Å². The number of hydrogen-bond acceptors (Lipinski definition) is 4. The average molecular weight is 290 g/mol. The Balaban J connectivity index is 1.73. The SMILES string of the molecule is Cc1noc(C)c1COc1c(F)cccc1CNC1CC1. The molecule has 0 saturated heterocycles. The third kappa shape index (κ3) is 3.24. The van der Waals surface area contributed by atoms with Gasteiger partial charge in [-0.1, -0.05) is 17.3 Å². The number of nitrogens with zero attached hydrogens (tertiary/aromatic N) is 1. The third-order valence-corrected chi connectivity index (χ3v) is 3.75. The summed E-state index contributed by atoms with van der Waals surface area (Å²) in [4.78, 5) is 0. The summed E-state index contributed by atoms with van der Waals surface area (Å²) in [6.07, 6.45) is 2.40. The van der Waals surface area contributed by atoms with E-state index in [-0.39, 0.29) is 12.4 Å². The molecule has 1 aliphatic carbocycles. The van der Waals surface area contributed by atoms with Gasteiger partial charge in [-0.15, -0.1) is 0 Å². The van der Waals surface area contributed by atoms with E-state index in [1.54, 1.807) is 6.07 Å². The molecule has 0 amide bonds. The van der Waals surface area contributed by atoms with Crippen molar-refractivity contribution in [3.63, 3.8) is 0 Å². The van der Waals surface area contributed by atoms with Crippen LogP contribution in [0.15, 0.2) is 22.7 Å². The number of para-hydroxylation sites is 1. The molecule has 0 unspecified atom stereocenters. The normalized spacial score (nSPS) is 14.4. The van der Waals surface area contributed by atoms with E-state index in [2.05, 4.69) is 10.5 Å². The van der Waals surface area contributed by atoms with Crippen LogP contribution in [0.25, 0.3) is 0 Å². The summed E-state index contributed by atoms with van der Waals surface area (Å²) in [6.45, 7) is 4.57. The molecule has 112 valence electrons. The van der Waals surface area contributed by atoms with Crippen LogP contribution in [0, 0.1) is 19.7 Å². The molecule has 1 saturated carbocycles. The molecule has 1 fully saturated rings. The summed E-state index contributed by atoms with van der Waals surface area (Å²) < 4.78 is 24.8. The Morgan fingerprint density at radius 3 is 2.86 bits per heavy atom. The number of hydrogen-bond donors (Lipinski definition) is 1. The van der Waals surface area contributed by atoms with E-state index < -0.39 is 0 Å². The highest BCUT2D eigenvalue weighted by atomic mass is 19.1. The Hall–Kier alpha value is -1.88. The lowest BCUT2D eigenvalue weighted by Gasteiger charge is -2.13. The van der Waals surface area contributed by atoms with Gasteiger partial charge in [0.15, 0.2) is 11.6 Å². The molecule has 1 aromatic heterocycles. The third-order valence-electron chi connectivity index (χ3n) is 3.75. The van der Waals surface area contributed by atoms with E-state index in [0.29, 0.717) is 24.1 Å². The first-order chi connectivity index (χ1) is 10.1. The zero-order valence-corrected chi connectivity index (χ0v) is 12.3. The summed E-state index contributed by atoms with van der Waals surface area (Å²) in [5, 5.41) is 7.26. The molecule has 4 nitrogen and oxygen atoms in total. The van der Waals surface area contributed by atoms with E-state index in [9.17, 15) is 4.39 Å². The first kappa shape index (κ1) is 14.1. The first-order valence-electron chi connectivity index (χ1n) is 7.20. The first-order valence-corrected chi connectivity index (χ1v) is 7.20. The number of aryl methyl sites for hydroxylation is 2. The number of nitrogens with one attached hydrogen (secondary N) is 1. The van der Waals surface area contributed by atoms with Crippen LogP contribution in [0.1, 0.15) is 35.4 Å². The van der Waals surface area contributed by atoms with E-state index in [1.165, 1.54) is 18.9 Å². The monoisotopic (exact) mass is 290 g/mol. The van der Waals surface area contributed by atoms with Crippen LogP contribution in [0.5, 0.6) is 5.75 Å². The Kier molecular flexibility index (Phi) is 3.92. The average Bonchev–Trinajstić information content (AvgIpc) is 3.24. The fourth-order valence-electron chi connectivity index (χ4n) is 2.25. The number of aromatic nitrogens is 1. The number of rotatable bonds is 6. The lowest BCUT2D eigenvalue weighted by molar-refractivity contribution is 0.282. The standard InChI is InChI=1S/C16H19FN2O2/c1-10-14(11(2)21-19-10)9-20-16-12(4-3-5-15(16)17)8-18-13-6-7-13/h3-5,13,18H,6-9H2,1-2H3. The predicted octanol–water partition coefficient (Wildman–Crippen LogP) is 3.26. The van der Waals surface area contributed by atoms with Gasteiger partial charge in [0.05, 0.1) is 11.3 Å². The summed E-state index contributed by atoms with van der Waals surface area (Å²) in [5.74, 6) is 0.684. The maximum absolute atomic E-state index is 14.0. The molecule has 0 bridgehead atoms. The lowest BCUT2D eigenvalue weighted by Crippen LogP contribution is -2.16. The fraction of sp³-hybridized carbons (Fsp3) is 0.438. The van der Waals surface area contributed by atoms with Gasteiger partial charge in [-0.05, 0) is 32.8 Å². The second-order valence-electron chi connectivity index (χ2n) is 5.47. The van der Waals surface area contributed by atoms with Crippen LogP contribution in [0.3, 0.4) is 0 Å². The molecule has 0 aliphatic heterocycles. The molecular formula is C16H19FN2O2. The van der Waals surface area contributed by atoms with E-state index >= 15 is 0 Å². The zero-order chi connectivity index (χ0) is 14.8. The molecule has 1 heterocycles. The largest absolute Gasteiger partial charge is 0.485 e. The van der Waals surface area contributed by atoms with Crippen LogP contribution in [-0.4, -0.2) is 11.2 Å². The topological polar surface area (TPSA) is 47.3 Å². The van der Waals surface area contributed by atoms with Gasteiger partial charge in [0.2, 0.25) is 0 Å². The van der Waals surface area contributed by atoms with Crippen molar-refractivity contribution in [3.8, 4) is 5.75 Å². The molecule has 1 aliphatic rings. The smallest absolute Gasteiger partial charge is 0.165 e. The Morgan fingerprint density at radius 1 is 1.38 bits per heavy atom. The van der Waals surface area contributed by atoms with Gasteiger partial charge in [-0.2, -0.15) is 0 Å². The highest BCUT2D eigenvalue weighted by Crippen LogP contribution is 2.26. The van der Waals surface area contributed by atoms with Crippen LogP contribution in [0.2, 0.25) is 0 Å². The zero-order valence-electron chi connectivity index (χ0n) is 12.3. The summed E-state index contributed by atoms with van der Waals surface area (Å²) >= 11 is 0. The molecular weight excluding hydrogens is 271 g/mol. The van der Waals surface area contributed by atoms with Crippen molar-refractivity contribution in [1.82, 2.24) is 10.5 Å². The van der Waals surface area contributed by atoms with Gasteiger partial charge >= 0.3 is 0 Å². The Bertz CT molecular complexity index is 616. The molecule has 1 aromatic carbocycles. The quantitative estimate of drug-likeness (QED) is 0.887. The van der Waals surface area contributed by atoms with Crippen molar-refractivity contribution in [2.24, 2.45) is 0 Å². The minimum Gasteiger partial charge on any atom is -0.485 e. The molecule has 5 heteroatoms. The van der Waals surface area contributed by atoms with Crippen molar-refractivity contribution in [2.45, 2.75) is 45.9 Å². The minimum absolute atomic E-state index is 0.262. The number of halogens is 1. The predicted molar refractivity (Wildman–Crippen MR) is 76.6 cm³/mol. The Labute approximate surface area is 123 Å². The van der Waals surface area contributed by atoms with Gasteiger partial charge in [0.1, 0.15) is 12.4 Å². The minimum atomic E-state index is -0.336. The van der Waals surface area contributed by atoms with Crippen molar-refractivity contribution in [1.29, 1.82) is 0 Å². The van der Waals surface area contributed by atoms with Crippen LogP contribution in [0.4, 0.5) is 4.39 Å². The maximum atomic E-state index is 14.0. The van der Waals surface area contributed by atoms with Crippen molar-refractivity contribution in [3.05, 3.63) is 46.6 Å². The molecule has 2 aromatic rings. The molecule has 0 atom stereocenters. The lowest BCUT2D eigenvalue weighted by atomic mass is 10.2. The van der Waals surface area contributed by atoms with Crippen LogP contribution < -0.4 is 10.1 Å². The summed E-state index contributed by atoms with van der Waals surface area (Å²) in [6, 6.07) is 5.59. The van der Waals surface area contributed by atoms with Crippen molar-refractivity contribution < 1.29 is 13.7 Å². The highest BCUT2D eigenvalue weighted by Gasteiger charge is 2.21. The second kappa shape index (κ2) is 5.85. The number of ether oxygens (including phenoxy) is 1. The second-order valence-corrected chi connectivity index (χ2v) is 5.47. The fourth-order valence-corrected chi connectivity index (χ4v) is 2.25. The van der Waals surface area contributed by atoms with Gasteiger partial charge < -0.3 is 14.6 Å². The van der Waals surface area contributed by atoms with Crippen LogP contribution >= 0.6 is 0 Å². The maximum Gasteiger partial charge on any atom is 0.165 e. The van der Waals surface area contributed by atoms with E-state index in [0.717, 1.165) is 16.8 Å². The Morgan fingerprint density at radius 2 is 2.19 bits per heavy atom.